The van der Waals surface area contributed by atoms with Crippen LogP contribution in [0.3, 0.4) is 0 Å². The predicted octanol–water partition coefficient (Wildman–Crippen LogP) is 2.89. The summed E-state index contributed by atoms with van der Waals surface area (Å²) in [6.45, 7) is 0.570. The van der Waals surface area contributed by atoms with Gasteiger partial charge in [0.05, 0.1) is 7.11 Å². The zero-order valence-corrected chi connectivity index (χ0v) is 15.0. The fourth-order valence-corrected chi connectivity index (χ4v) is 4.01. The van der Waals surface area contributed by atoms with Gasteiger partial charge in [-0.1, -0.05) is 24.3 Å². The van der Waals surface area contributed by atoms with Gasteiger partial charge in [0.1, 0.15) is 0 Å². The van der Waals surface area contributed by atoms with Crippen LogP contribution in [0.5, 0.6) is 11.5 Å². The van der Waals surface area contributed by atoms with Crippen molar-refractivity contribution >= 4 is 17.7 Å². The van der Waals surface area contributed by atoms with Crippen molar-refractivity contribution < 1.29 is 14.3 Å². The van der Waals surface area contributed by atoms with E-state index in [2.05, 4.69) is 29.6 Å². The van der Waals surface area contributed by atoms with Crippen molar-refractivity contribution in [3.63, 3.8) is 0 Å². The van der Waals surface area contributed by atoms with E-state index in [0.29, 0.717) is 17.5 Å². The highest BCUT2D eigenvalue weighted by Gasteiger charge is 2.19. The number of amides is 1. The molecule has 25 heavy (non-hydrogen) atoms. The summed E-state index contributed by atoms with van der Waals surface area (Å²) in [5.74, 6) is 1.73. The van der Waals surface area contributed by atoms with Crippen LogP contribution in [0.2, 0.25) is 0 Å². The Kier molecular flexibility index (Phi) is 5.83. The number of carbonyl (C=O) groups is 1. The summed E-state index contributed by atoms with van der Waals surface area (Å²) in [6.07, 6.45) is 1.11. The summed E-state index contributed by atoms with van der Waals surface area (Å²) in [4.78, 5) is 12.2. The molecule has 5 nitrogen and oxygen atoms in total. The van der Waals surface area contributed by atoms with Crippen molar-refractivity contribution in [3.8, 4) is 11.5 Å². The van der Waals surface area contributed by atoms with Crippen LogP contribution in [0, 0.1) is 0 Å². The first kappa shape index (κ1) is 17.6. The van der Waals surface area contributed by atoms with Crippen molar-refractivity contribution in [2.75, 3.05) is 19.5 Å². The van der Waals surface area contributed by atoms with Crippen molar-refractivity contribution in [1.82, 2.24) is 5.32 Å². The summed E-state index contributed by atoms with van der Waals surface area (Å²) in [6, 6.07) is 14.6. The highest BCUT2D eigenvalue weighted by atomic mass is 32.2. The number of nitrogens with one attached hydrogen (secondary N) is 1. The average molecular weight is 358 g/mol. The smallest absolute Gasteiger partial charge is 0.255 e. The van der Waals surface area contributed by atoms with E-state index < -0.39 is 5.91 Å². The van der Waals surface area contributed by atoms with Gasteiger partial charge in [0.25, 0.3) is 5.91 Å². The maximum absolute atomic E-state index is 10.9. The SMILES string of the molecule is COc1cc(CN[C@H]2CCSc3ccccc32)ccc1OCC(N)=O. The first-order chi connectivity index (χ1) is 12.2. The molecule has 2 aromatic carbocycles. The molecular formula is C19H22N2O3S. The zero-order chi connectivity index (χ0) is 17.6. The second-order valence-electron chi connectivity index (χ2n) is 5.85. The van der Waals surface area contributed by atoms with Crippen LogP contribution < -0.4 is 20.5 Å². The lowest BCUT2D eigenvalue weighted by Gasteiger charge is -2.26. The van der Waals surface area contributed by atoms with Crippen LogP contribution in [-0.2, 0) is 11.3 Å². The van der Waals surface area contributed by atoms with Gasteiger partial charge in [0.2, 0.25) is 0 Å². The first-order valence-corrected chi connectivity index (χ1v) is 9.19. The third-order valence-electron chi connectivity index (χ3n) is 4.11. The molecule has 0 unspecified atom stereocenters. The van der Waals surface area contributed by atoms with Gasteiger partial charge in [-0.05, 0) is 41.5 Å². The molecule has 6 heteroatoms. The van der Waals surface area contributed by atoms with Crippen LogP contribution in [-0.4, -0.2) is 25.4 Å². The van der Waals surface area contributed by atoms with E-state index >= 15 is 0 Å². The highest BCUT2D eigenvalue weighted by Crippen LogP contribution is 2.36. The molecule has 1 heterocycles. The second kappa shape index (κ2) is 8.27. The second-order valence-corrected chi connectivity index (χ2v) is 6.99. The number of nitrogens with two attached hydrogens (primary N) is 1. The molecule has 0 radical (unpaired) electrons. The Morgan fingerprint density at radius 3 is 2.92 bits per heavy atom. The summed E-state index contributed by atoms with van der Waals surface area (Å²) >= 11 is 1.92. The van der Waals surface area contributed by atoms with Crippen molar-refractivity contribution in [2.24, 2.45) is 5.73 Å². The summed E-state index contributed by atoms with van der Waals surface area (Å²) < 4.78 is 10.7. The number of hydrogen-bond donors (Lipinski definition) is 2. The molecule has 2 aromatic rings. The largest absolute Gasteiger partial charge is 0.493 e. The third-order valence-corrected chi connectivity index (χ3v) is 5.23. The first-order valence-electron chi connectivity index (χ1n) is 8.20. The van der Waals surface area contributed by atoms with Gasteiger partial charge in [-0.2, -0.15) is 0 Å². The van der Waals surface area contributed by atoms with Crippen LogP contribution >= 0.6 is 11.8 Å². The molecule has 0 bridgehead atoms. The number of ether oxygens (including phenoxy) is 2. The van der Waals surface area contributed by atoms with Crippen molar-refractivity contribution in [2.45, 2.75) is 23.9 Å². The van der Waals surface area contributed by atoms with Crippen LogP contribution in [0.15, 0.2) is 47.4 Å². The third kappa shape index (κ3) is 4.46. The molecule has 0 saturated carbocycles. The maximum Gasteiger partial charge on any atom is 0.255 e. The molecular weight excluding hydrogens is 336 g/mol. The lowest BCUT2D eigenvalue weighted by molar-refractivity contribution is -0.119. The van der Waals surface area contributed by atoms with Gasteiger partial charge in [-0.3, -0.25) is 4.79 Å². The van der Waals surface area contributed by atoms with E-state index in [1.54, 1.807) is 7.11 Å². The Morgan fingerprint density at radius 2 is 2.12 bits per heavy atom. The zero-order valence-electron chi connectivity index (χ0n) is 14.2. The normalized spacial score (nSPS) is 16.1. The van der Waals surface area contributed by atoms with Gasteiger partial charge in [-0.25, -0.2) is 0 Å². The Bertz CT molecular complexity index is 751. The average Bonchev–Trinajstić information content (AvgIpc) is 2.64. The number of fused-ring (bicyclic) bond motifs is 1. The monoisotopic (exact) mass is 358 g/mol. The minimum Gasteiger partial charge on any atom is -0.493 e. The van der Waals surface area contributed by atoms with E-state index in [9.17, 15) is 4.79 Å². The van der Waals surface area contributed by atoms with Gasteiger partial charge >= 0.3 is 0 Å². The number of benzene rings is 2. The maximum atomic E-state index is 10.9. The van der Waals surface area contributed by atoms with E-state index in [1.807, 2.05) is 30.0 Å². The quantitative estimate of drug-likeness (QED) is 0.796. The fraction of sp³-hybridized carbons (Fsp3) is 0.316. The molecule has 1 aliphatic heterocycles. The summed E-state index contributed by atoms with van der Waals surface area (Å²) in [5.41, 5.74) is 7.58. The number of hydrogen-bond acceptors (Lipinski definition) is 5. The predicted molar refractivity (Wildman–Crippen MR) is 99.0 cm³/mol. The highest BCUT2D eigenvalue weighted by molar-refractivity contribution is 7.99. The van der Waals surface area contributed by atoms with Gasteiger partial charge in [0, 0.05) is 17.5 Å². The van der Waals surface area contributed by atoms with Gasteiger partial charge < -0.3 is 20.5 Å². The van der Waals surface area contributed by atoms with E-state index in [4.69, 9.17) is 15.2 Å². The Labute approximate surface area is 151 Å². The molecule has 1 atom stereocenters. The van der Waals surface area contributed by atoms with Crippen molar-refractivity contribution in [1.29, 1.82) is 0 Å². The van der Waals surface area contributed by atoms with Crippen molar-refractivity contribution in [3.05, 3.63) is 53.6 Å². The number of carbonyl (C=O) groups excluding carboxylic acids is 1. The Balaban J connectivity index is 1.67. The van der Waals surface area contributed by atoms with Gasteiger partial charge in [-0.15, -0.1) is 11.8 Å². The molecule has 1 aliphatic rings. The Morgan fingerprint density at radius 1 is 1.28 bits per heavy atom. The number of methoxy groups -OCH3 is 1. The fourth-order valence-electron chi connectivity index (χ4n) is 2.89. The number of primary amides is 1. The van der Waals surface area contributed by atoms with E-state index in [0.717, 1.165) is 24.3 Å². The summed E-state index contributed by atoms with van der Waals surface area (Å²) in [7, 11) is 1.58. The van der Waals surface area contributed by atoms with Crippen LogP contribution in [0.1, 0.15) is 23.6 Å². The van der Waals surface area contributed by atoms with Crippen LogP contribution in [0.25, 0.3) is 0 Å². The molecule has 3 rings (SSSR count). The lowest BCUT2D eigenvalue weighted by Crippen LogP contribution is -2.24. The molecule has 0 aliphatic carbocycles. The molecule has 132 valence electrons. The molecule has 1 amide bonds. The topological polar surface area (TPSA) is 73.6 Å². The minimum atomic E-state index is -0.512. The van der Waals surface area contributed by atoms with E-state index in [-0.39, 0.29) is 6.61 Å². The molecule has 0 saturated heterocycles. The molecule has 0 fully saturated rings. The molecule has 0 aromatic heterocycles. The number of thioether (sulfide) groups is 1. The molecule has 0 spiro atoms. The molecule has 3 N–H and O–H groups in total. The minimum absolute atomic E-state index is 0.162. The summed E-state index contributed by atoms with van der Waals surface area (Å²) in [5, 5.41) is 3.63. The van der Waals surface area contributed by atoms with Crippen LogP contribution in [0.4, 0.5) is 0 Å². The Hall–Kier alpha value is -2.18. The standard InChI is InChI=1S/C19H22N2O3S/c1-23-17-10-13(6-7-16(17)24-12-19(20)22)11-21-15-8-9-25-18-5-3-2-4-14(15)18/h2-7,10,15,21H,8-9,11-12H2,1H3,(H2,20,22)/t15-/m0/s1. The lowest BCUT2D eigenvalue weighted by atomic mass is 10.0. The van der Waals surface area contributed by atoms with Gasteiger partial charge in [0.15, 0.2) is 18.1 Å². The van der Waals surface area contributed by atoms with E-state index in [1.165, 1.54) is 10.5 Å². The number of rotatable bonds is 7.